The lowest BCUT2D eigenvalue weighted by atomic mass is 10.1. The molecule has 19 heavy (non-hydrogen) atoms. The summed E-state index contributed by atoms with van der Waals surface area (Å²) in [4.78, 5) is 11.8. The molecule has 0 fully saturated rings. The molecule has 0 saturated heterocycles. The SMILES string of the molecule is CCNC(=O)c1ccc(N)c(NC(C)COCC)c1. The van der Waals surface area contributed by atoms with Crippen LogP contribution in [0.4, 0.5) is 11.4 Å². The van der Waals surface area contributed by atoms with Gasteiger partial charge in [0.05, 0.1) is 18.0 Å². The van der Waals surface area contributed by atoms with Crippen molar-refractivity contribution in [1.82, 2.24) is 5.32 Å². The van der Waals surface area contributed by atoms with Gasteiger partial charge in [-0.2, -0.15) is 0 Å². The third-order valence-electron chi connectivity index (χ3n) is 2.63. The Bertz CT molecular complexity index is 421. The molecule has 0 aliphatic rings. The van der Waals surface area contributed by atoms with E-state index in [1.807, 2.05) is 20.8 Å². The van der Waals surface area contributed by atoms with Crippen molar-refractivity contribution in [3.8, 4) is 0 Å². The molecule has 0 aliphatic carbocycles. The molecule has 4 N–H and O–H groups in total. The molecule has 0 bridgehead atoms. The lowest BCUT2D eigenvalue weighted by Crippen LogP contribution is -2.24. The molecule has 5 nitrogen and oxygen atoms in total. The summed E-state index contributed by atoms with van der Waals surface area (Å²) < 4.78 is 5.34. The van der Waals surface area contributed by atoms with Gasteiger partial charge in [0.15, 0.2) is 0 Å². The highest BCUT2D eigenvalue weighted by molar-refractivity contribution is 5.96. The number of carbonyl (C=O) groups is 1. The lowest BCUT2D eigenvalue weighted by Gasteiger charge is -2.17. The number of benzene rings is 1. The quantitative estimate of drug-likeness (QED) is 0.658. The molecule has 5 heteroatoms. The van der Waals surface area contributed by atoms with Crippen LogP contribution in [0.5, 0.6) is 0 Å². The molecule has 1 atom stereocenters. The van der Waals surface area contributed by atoms with Crippen molar-refractivity contribution < 1.29 is 9.53 Å². The molecule has 1 rings (SSSR count). The number of nitrogens with two attached hydrogens (primary N) is 1. The van der Waals surface area contributed by atoms with Gasteiger partial charge in [-0.05, 0) is 39.0 Å². The van der Waals surface area contributed by atoms with Gasteiger partial charge in [0.25, 0.3) is 5.91 Å². The molecule has 106 valence electrons. The van der Waals surface area contributed by atoms with Gasteiger partial charge in [-0.15, -0.1) is 0 Å². The number of hydrogen-bond donors (Lipinski definition) is 3. The second kappa shape index (κ2) is 7.63. The van der Waals surface area contributed by atoms with Crippen LogP contribution in [0.1, 0.15) is 31.1 Å². The predicted octanol–water partition coefficient (Wildman–Crippen LogP) is 1.86. The highest BCUT2D eigenvalue weighted by Crippen LogP contribution is 2.21. The van der Waals surface area contributed by atoms with E-state index in [-0.39, 0.29) is 11.9 Å². The third kappa shape index (κ3) is 4.79. The van der Waals surface area contributed by atoms with E-state index in [0.717, 1.165) is 5.69 Å². The number of carbonyl (C=O) groups excluding carboxylic acids is 1. The van der Waals surface area contributed by atoms with Crippen molar-refractivity contribution in [2.24, 2.45) is 0 Å². The number of anilines is 2. The number of hydrogen-bond acceptors (Lipinski definition) is 4. The molecular weight excluding hydrogens is 242 g/mol. The lowest BCUT2D eigenvalue weighted by molar-refractivity contribution is 0.0956. The molecular formula is C14H23N3O2. The molecule has 1 aromatic carbocycles. The predicted molar refractivity (Wildman–Crippen MR) is 78.4 cm³/mol. The molecule has 0 saturated carbocycles. The zero-order valence-corrected chi connectivity index (χ0v) is 11.8. The van der Waals surface area contributed by atoms with Crippen LogP contribution in [0, 0.1) is 0 Å². The average molecular weight is 265 g/mol. The topological polar surface area (TPSA) is 76.4 Å². The zero-order valence-electron chi connectivity index (χ0n) is 11.8. The number of amides is 1. The zero-order chi connectivity index (χ0) is 14.3. The molecule has 0 radical (unpaired) electrons. The highest BCUT2D eigenvalue weighted by atomic mass is 16.5. The Morgan fingerprint density at radius 3 is 2.79 bits per heavy atom. The number of nitrogens with one attached hydrogen (secondary N) is 2. The van der Waals surface area contributed by atoms with Crippen LogP contribution in [-0.2, 0) is 4.74 Å². The smallest absolute Gasteiger partial charge is 0.251 e. The van der Waals surface area contributed by atoms with E-state index in [2.05, 4.69) is 10.6 Å². The number of nitrogen functional groups attached to an aromatic ring is 1. The van der Waals surface area contributed by atoms with Crippen molar-refractivity contribution in [3.63, 3.8) is 0 Å². The highest BCUT2D eigenvalue weighted by Gasteiger charge is 2.09. The fraction of sp³-hybridized carbons (Fsp3) is 0.500. The fourth-order valence-corrected chi connectivity index (χ4v) is 1.69. The number of ether oxygens (including phenoxy) is 1. The maximum absolute atomic E-state index is 11.8. The monoisotopic (exact) mass is 265 g/mol. The summed E-state index contributed by atoms with van der Waals surface area (Å²) in [6.07, 6.45) is 0. The van der Waals surface area contributed by atoms with Gasteiger partial charge in [-0.25, -0.2) is 0 Å². The molecule has 1 unspecified atom stereocenters. The summed E-state index contributed by atoms with van der Waals surface area (Å²) in [5, 5.41) is 6.02. The Kier molecular flexibility index (Phi) is 6.15. The van der Waals surface area contributed by atoms with Crippen LogP contribution in [0.2, 0.25) is 0 Å². The minimum Gasteiger partial charge on any atom is -0.397 e. The second-order valence-corrected chi connectivity index (χ2v) is 4.37. The summed E-state index contributed by atoms with van der Waals surface area (Å²) in [5.41, 5.74) is 7.89. The maximum Gasteiger partial charge on any atom is 0.251 e. The van der Waals surface area contributed by atoms with Gasteiger partial charge in [0.1, 0.15) is 0 Å². The minimum atomic E-state index is -0.0944. The Morgan fingerprint density at radius 1 is 1.42 bits per heavy atom. The van der Waals surface area contributed by atoms with E-state index in [0.29, 0.717) is 31.0 Å². The summed E-state index contributed by atoms with van der Waals surface area (Å²) in [5.74, 6) is -0.0944. The van der Waals surface area contributed by atoms with Crippen molar-refractivity contribution in [1.29, 1.82) is 0 Å². The Hall–Kier alpha value is -1.75. The maximum atomic E-state index is 11.8. The van der Waals surface area contributed by atoms with E-state index in [9.17, 15) is 4.79 Å². The molecule has 0 heterocycles. The van der Waals surface area contributed by atoms with Crippen molar-refractivity contribution >= 4 is 17.3 Å². The van der Waals surface area contributed by atoms with E-state index in [4.69, 9.17) is 10.5 Å². The van der Waals surface area contributed by atoms with Gasteiger partial charge < -0.3 is 21.1 Å². The van der Waals surface area contributed by atoms with Gasteiger partial charge >= 0.3 is 0 Å². The van der Waals surface area contributed by atoms with Crippen molar-refractivity contribution in [2.45, 2.75) is 26.8 Å². The third-order valence-corrected chi connectivity index (χ3v) is 2.63. The summed E-state index contributed by atoms with van der Waals surface area (Å²) in [7, 11) is 0. The van der Waals surface area contributed by atoms with E-state index in [1.165, 1.54) is 0 Å². The Balaban J connectivity index is 2.76. The first-order valence-electron chi connectivity index (χ1n) is 6.60. The first kappa shape index (κ1) is 15.3. The van der Waals surface area contributed by atoms with Crippen LogP contribution in [0.25, 0.3) is 0 Å². The van der Waals surface area contributed by atoms with E-state index in [1.54, 1.807) is 18.2 Å². The van der Waals surface area contributed by atoms with E-state index < -0.39 is 0 Å². The minimum absolute atomic E-state index is 0.0944. The first-order valence-corrected chi connectivity index (χ1v) is 6.60. The number of rotatable bonds is 7. The van der Waals surface area contributed by atoms with Gasteiger partial charge in [-0.3, -0.25) is 4.79 Å². The fourth-order valence-electron chi connectivity index (χ4n) is 1.69. The second-order valence-electron chi connectivity index (χ2n) is 4.37. The molecule has 0 aliphatic heterocycles. The van der Waals surface area contributed by atoms with Gasteiger partial charge in [0, 0.05) is 24.8 Å². The first-order chi connectivity index (χ1) is 9.08. The molecule has 1 aromatic rings. The van der Waals surface area contributed by atoms with E-state index >= 15 is 0 Å². The van der Waals surface area contributed by atoms with Crippen LogP contribution >= 0.6 is 0 Å². The van der Waals surface area contributed by atoms with Crippen LogP contribution in [0.15, 0.2) is 18.2 Å². The van der Waals surface area contributed by atoms with Gasteiger partial charge in [-0.1, -0.05) is 0 Å². The largest absolute Gasteiger partial charge is 0.397 e. The summed E-state index contributed by atoms with van der Waals surface area (Å²) >= 11 is 0. The van der Waals surface area contributed by atoms with Crippen molar-refractivity contribution in [3.05, 3.63) is 23.8 Å². The van der Waals surface area contributed by atoms with Gasteiger partial charge in [0.2, 0.25) is 0 Å². The van der Waals surface area contributed by atoms with Crippen LogP contribution < -0.4 is 16.4 Å². The van der Waals surface area contributed by atoms with Crippen molar-refractivity contribution in [2.75, 3.05) is 30.8 Å². The Morgan fingerprint density at radius 2 is 2.16 bits per heavy atom. The van der Waals surface area contributed by atoms with Crippen LogP contribution in [0.3, 0.4) is 0 Å². The van der Waals surface area contributed by atoms with Crippen LogP contribution in [-0.4, -0.2) is 31.7 Å². The normalized spacial score (nSPS) is 11.9. The molecule has 0 spiro atoms. The Labute approximate surface area is 114 Å². The summed E-state index contributed by atoms with van der Waals surface area (Å²) in [6.45, 7) is 7.73. The average Bonchev–Trinajstić information content (AvgIpc) is 2.39. The standard InChI is InChI=1S/C14H23N3O2/c1-4-16-14(18)11-6-7-12(15)13(8-11)17-10(3)9-19-5-2/h6-8,10,17H,4-5,9,15H2,1-3H3,(H,16,18). The molecule has 0 aromatic heterocycles. The molecule has 1 amide bonds. The summed E-state index contributed by atoms with van der Waals surface area (Å²) in [6, 6.07) is 5.36.